The summed E-state index contributed by atoms with van der Waals surface area (Å²) in [5, 5.41) is 9.46. The zero-order chi connectivity index (χ0) is 15.2. The number of hydrogen-bond donors (Lipinski definition) is 0. The van der Waals surface area contributed by atoms with Crippen molar-refractivity contribution in [2.45, 2.75) is 44.3 Å². The molecule has 0 bridgehead atoms. The molecule has 1 aromatic rings. The van der Waals surface area contributed by atoms with E-state index in [-0.39, 0.29) is 5.41 Å². The zero-order valence-electron chi connectivity index (χ0n) is 11.5. The maximum Gasteiger partial charge on any atom is 0.417 e. The molecule has 20 heavy (non-hydrogen) atoms. The van der Waals surface area contributed by atoms with E-state index >= 15 is 0 Å². The third-order valence-corrected chi connectivity index (χ3v) is 3.84. The maximum atomic E-state index is 12.3. The fourth-order valence-corrected chi connectivity index (χ4v) is 2.38. The molecule has 0 aliphatic heterocycles. The van der Waals surface area contributed by atoms with Gasteiger partial charge in [-0.1, -0.05) is 6.42 Å². The van der Waals surface area contributed by atoms with Gasteiger partial charge in [-0.25, -0.2) is 4.98 Å². The Morgan fingerprint density at radius 1 is 1.25 bits per heavy atom. The molecule has 0 aromatic carbocycles. The summed E-state index contributed by atoms with van der Waals surface area (Å²) < 4.78 is 37.0. The summed E-state index contributed by atoms with van der Waals surface area (Å²) >= 11 is 1.44. The third kappa shape index (κ3) is 5.83. The van der Waals surface area contributed by atoms with E-state index in [4.69, 9.17) is 5.26 Å². The lowest BCUT2D eigenvalue weighted by atomic mass is 9.89. The first-order valence-corrected chi connectivity index (χ1v) is 7.30. The molecular weight excluding hydrogens is 285 g/mol. The molecule has 0 aliphatic carbocycles. The van der Waals surface area contributed by atoms with Crippen LogP contribution in [0.2, 0.25) is 0 Å². The molecule has 0 unspecified atom stereocenters. The van der Waals surface area contributed by atoms with E-state index in [1.54, 1.807) is 0 Å². The Morgan fingerprint density at radius 2 is 1.95 bits per heavy atom. The molecule has 0 saturated carbocycles. The van der Waals surface area contributed by atoms with Crippen LogP contribution in [0.5, 0.6) is 0 Å². The zero-order valence-corrected chi connectivity index (χ0v) is 12.3. The minimum Gasteiger partial charge on any atom is -0.249 e. The summed E-state index contributed by atoms with van der Waals surface area (Å²) in [4.78, 5) is 3.80. The van der Waals surface area contributed by atoms with Gasteiger partial charge in [0.15, 0.2) is 0 Å². The van der Waals surface area contributed by atoms with Gasteiger partial charge in [-0.2, -0.15) is 18.4 Å². The molecular formula is C14H17F3N2S. The predicted octanol–water partition coefficient (Wildman–Crippen LogP) is 4.91. The van der Waals surface area contributed by atoms with E-state index in [0.717, 1.165) is 37.3 Å². The molecule has 0 spiro atoms. The van der Waals surface area contributed by atoms with Gasteiger partial charge in [0.1, 0.15) is 0 Å². The number of rotatable bonds is 6. The van der Waals surface area contributed by atoms with Gasteiger partial charge in [-0.3, -0.25) is 0 Å². The molecule has 0 fully saturated rings. The average molecular weight is 302 g/mol. The number of halogens is 3. The molecule has 0 atom stereocenters. The lowest BCUT2D eigenvalue weighted by Crippen LogP contribution is -2.07. The van der Waals surface area contributed by atoms with Gasteiger partial charge in [-0.05, 0) is 44.6 Å². The summed E-state index contributed by atoms with van der Waals surface area (Å²) in [5.41, 5.74) is -1.03. The Kier molecular flexibility index (Phi) is 5.88. The standard InChI is InChI=1S/C14H17F3N2S/c1-13(2,10-18)7-3-4-8-20-12-6-5-11(9-19-12)14(15,16)17/h5-6,9H,3-4,7-8H2,1-2H3. The molecule has 0 radical (unpaired) electrons. The first kappa shape index (κ1) is 16.8. The summed E-state index contributed by atoms with van der Waals surface area (Å²) in [6.45, 7) is 3.80. The van der Waals surface area contributed by atoms with Gasteiger partial charge in [0.25, 0.3) is 0 Å². The van der Waals surface area contributed by atoms with Crippen LogP contribution in [0, 0.1) is 16.7 Å². The van der Waals surface area contributed by atoms with E-state index in [2.05, 4.69) is 11.1 Å². The predicted molar refractivity (Wildman–Crippen MR) is 73.2 cm³/mol. The molecule has 6 heteroatoms. The van der Waals surface area contributed by atoms with E-state index in [0.29, 0.717) is 5.03 Å². The second kappa shape index (κ2) is 6.98. The number of nitrogens with zero attached hydrogens (tertiary/aromatic N) is 2. The fraction of sp³-hybridized carbons (Fsp3) is 0.571. The number of pyridine rings is 1. The molecule has 0 aliphatic rings. The van der Waals surface area contributed by atoms with Crippen molar-refractivity contribution in [3.8, 4) is 6.07 Å². The molecule has 0 N–H and O–H groups in total. The number of nitriles is 1. The van der Waals surface area contributed by atoms with Crippen molar-refractivity contribution >= 4 is 11.8 Å². The van der Waals surface area contributed by atoms with Gasteiger partial charge < -0.3 is 0 Å². The molecule has 0 amide bonds. The van der Waals surface area contributed by atoms with E-state index in [1.807, 2.05) is 13.8 Å². The first-order chi connectivity index (χ1) is 9.24. The topological polar surface area (TPSA) is 36.7 Å². The van der Waals surface area contributed by atoms with Crippen LogP contribution < -0.4 is 0 Å². The Labute approximate surface area is 121 Å². The van der Waals surface area contributed by atoms with Crippen molar-refractivity contribution in [3.05, 3.63) is 23.9 Å². The molecule has 1 aromatic heterocycles. The van der Waals surface area contributed by atoms with Crippen molar-refractivity contribution < 1.29 is 13.2 Å². The SMILES string of the molecule is CC(C)(C#N)CCCCSc1ccc(C(F)(F)F)cn1. The highest BCUT2D eigenvalue weighted by Gasteiger charge is 2.30. The summed E-state index contributed by atoms with van der Waals surface area (Å²) in [5.74, 6) is 0.792. The van der Waals surface area contributed by atoms with E-state index in [9.17, 15) is 13.2 Å². The molecule has 1 rings (SSSR count). The van der Waals surface area contributed by atoms with E-state index in [1.165, 1.54) is 17.8 Å². The maximum absolute atomic E-state index is 12.3. The number of thioether (sulfide) groups is 1. The first-order valence-electron chi connectivity index (χ1n) is 6.32. The second-order valence-corrected chi connectivity index (χ2v) is 6.30. The molecule has 2 nitrogen and oxygen atoms in total. The van der Waals surface area contributed by atoms with Crippen molar-refractivity contribution in [3.63, 3.8) is 0 Å². The van der Waals surface area contributed by atoms with Crippen molar-refractivity contribution in [1.82, 2.24) is 4.98 Å². The van der Waals surface area contributed by atoms with Gasteiger partial charge >= 0.3 is 6.18 Å². The van der Waals surface area contributed by atoms with Crippen LogP contribution in [-0.4, -0.2) is 10.7 Å². The number of aromatic nitrogens is 1. The highest BCUT2D eigenvalue weighted by Crippen LogP contribution is 2.30. The number of alkyl halides is 3. The van der Waals surface area contributed by atoms with Crippen LogP contribution in [0.15, 0.2) is 23.4 Å². The average Bonchev–Trinajstić information content (AvgIpc) is 2.38. The van der Waals surface area contributed by atoms with Crippen LogP contribution >= 0.6 is 11.8 Å². The molecule has 1 heterocycles. The Bertz CT molecular complexity index is 461. The van der Waals surface area contributed by atoms with Crippen molar-refractivity contribution in [1.29, 1.82) is 5.26 Å². The van der Waals surface area contributed by atoms with Gasteiger partial charge in [0, 0.05) is 6.20 Å². The summed E-state index contributed by atoms with van der Waals surface area (Å²) in [7, 11) is 0. The number of unbranched alkanes of at least 4 members (excludes halogenated alkanes) is 1. The fourth-order valence-electron chi connectivity index (χ4n) is 1.54. The second-order valence-electron chi connectivity index (χ2n) is 5.18. The normalized spacial score (nSPS) is 12.2. The van der Waals surface area contributed by atoms with Crippen molar-refractivity contribution in [2.24, 2.45) is 5.41 Å². The molecule has 0 saturated heterocycles. The quantitative estimate of drug-likeness (QED) is 0.553. The van der Waals surface area contributed by atoms with Crippen LogP contribution in [0.3, 0.4) is 0 Å². The minimum atomic E-state index is -4.33. The Morgan fingerprint density at radius 3 is 2.45 bits per heavy atom. The van der Waals surface area contributed by atoms with Gasteiger partial charge in [0.05, 0.1) is 22.1 Å². The summed E-state index contributed by atoms with van der Waals surface area (Å²) in [6, 6.07) is 4.69. The van der Waals surface area contributed by atoms with Crippen molar-refractivity contribution in [2.75, 3.05) is 5.75 Å². The van der Waals surface area contributed by atoms with Crippen LogP contribution in [0.1, 0.15) is 38.7 Å². The Hall–Kier alpha value is -1.22. The monoisotopic (exact) mass is 302 g/mol. The van der Waals surface area contributed by atoms with Crippen LogP contribution in [0.4, 0.5) is 13.2 Å². The third-order valence-electron chi connectivity index (χ3n) is 2.81. The minimum absolute atomic E-state index is 0.308. The number of hydrogen-bond acceptors (Lipinski definition) is 3. The van der Waals surface area contributed by atoms with Gasteiger partial charge in [0.2, 0.25) is 0 Å². The highest BCUT2D eigenvalue weighted by molar-refractivity contribution is 7.99. The summed E-state index contributed by atoms with van der Waals surface area (Å²) in [6.07, 6.45) is -0.808. The Balaban J connectivity index is 2.32. The van der Waals surface area contributed by atoms with Crippen LogP contribution in [0.25, 0.3) is 0 Å². The highest BCUT2D eigenvalue weighted by atomic mass is 32.2. The molecule has 110 valence electrons. The lowest BCUT2D eigenvalue weighted by Gasteiger charge is -2.13. The van der Waals surface area contributed by atoms with Gasteiger partial charge in [-0.15, -0.1) is 11.8 Å². The largest absolute Gasteiger partial charge is 0.417 e. The lowest BCUT2D eigenvalue weighted by molar-refractivity contribution is -0.137. The van der Waals surface area contributed by atoms with E-state index < -0.39 is 11.7 Å². The smallest absolute Gasteiger partial charge is 0.249 e. The van der Waals surface area contributed by atoms with Crippen LogP contribution in [-0.2, 0) is 6.18 Å².